The van der Waals surface area contributed by atoms with Gasteiger partial charge in [0.15, 0.2) is 10.9 Å². The molecule has 1 saturated heterocycles. The van der Waals surface area contributed by atoms with Gasteiger partial charge in [0.25, 0.3) is 0 Å². The molecule has 0 saturated carbocycles. The van der Waals surface area contributed by atoms with Crippen LogP contribution in [0.15, 0.2) is 0 Å². The summed E-state index contributed by atoms with van der Waals surface area (Å²) < 4.78 is 24.3. The summed E-state index contributed by atoms with van der Waals surface area (Å²) in [6.07, 6.45) is 2.15. The minimum absolute atomic E-state index is 0.0723. The largest absolute Gasteiger partial charge is 0.302 e. The van der Waals surface area contributed by atoms with Crippen molar-refractivity contribution in [3.63, 3.8) is 0 Å². The maximum absolute atomic E-state index is 12.2. The van der Waals surface area contributed by atoms with Crippen molar-refractivity contribution in [1.82, 2.24) is 9.29 Å². The van der Waals surface area contributed by atoms with E-state index in [2.05, 4.69) is 10.3 Å². The molecule has 122 valence electrons. The number of piperidine rings is 1. The number of aryl methyl sites for hydroxylation is 1. The molecular formula is C13H19N3O4S2. The second-order valence-corrected chi connectivity index (χ2v) is 8.40. The Hall–Kier alpha value is -1.32. The van der Waals surface area contributed by atoms with E-state index in [0.29, 0.717) is 41.6 Å². The lowest BCUT2D eigenvalue weighted by molar-refractivity contribution is -0.120. The van der Waals surface area contributed by atoms with Gasteiger partial charge in [0.2, 0.25) is 15.9 Å². The lowest BCUT2D eigenvalue weighted by Gasteiger charge is -2.29. The summed E-state index contributed by atoms with van der Waals surface area (Å²) in [6, 6.07) is 0. The number of aromatic nitrogens is 1. The first-order valence-electron chi connectivity index (χ1n) is 6.93. The van der Waals surface area contributed by atoms with Gasteiger partial charge < -0.3 is 5.32 Å². The van der Waals surface area contributed by atoms with Crippen LogP contribution in [-0.4, -0.2) is 48.7 Å². The Labute approximate surface area is 133 Å². The van der Waals surface area contributed by atoms with E-state index >= 15 is 0 Å². The van der Waals surface area contributed by atoms with Crippen LogP contribution >= 0.6 is 11.3 Å². The molecule has 0 atom stereocenters. The highest BCUT2D eigenvalue weighted by Crippen LogP contribution is 2.25. The van der Waals surface area contributed by atoms with Gasteiger partial charge in [0.05, 0.1) is 16.8 Å². The number of carbonyl (C=O) groups is 2. The van der Waals surface area contributed by atoms with Gasteiger partial charge in [-0.1, -0.05) is 11.3 Å². The maximum atomic E-state index is 12.2. The fraction of sp³-hybridized carbons (Fsp3) is 0.615. The number of ketones is 1. The summed E-state index contributed by atoms with van der Waals surface area (Å²) in [5.41, 5.74) is 0.611. The highest BCUT2D eigenvalue weighted by atomic mass is 32.2. The first-order chi connectivity index (χ1) is 10.2. The number of nitrogens with one attached hydrogen (secondary N) is 1. The van der Waals surface area contributed by atoms with Crippen LogP contribution in [0.5, 0.6) is 0 Å². The molecule has 7 nitrogen and oxygen atoms in total. The predicted molar refractivity (Wildman–Crippen MR) is 84.6 cm³/mol. The molecule has 0 bridgehead atoms. The fourth-order valence-electron chi connectivity index (χ4n) is 2.43. The Morgan fingerprint density at radius 2 is 1.91 bits per heavy atom. The Morgan fingerprint density at radius 1 is 1.32 bits per heavy atom. The van der Waals surface area contributed by atoms with Gasteiger partial charge in [0.1, 0.15) is 0 Å². The minimum atomic E-state index is -3.19. The van der Waals surface area contributed by atoms with Gasteiger partial charge in [-0.2, -0.15) is 0 Å². The molecule has 0 radical (unpaired) electrons. The van der Waals surface area contributed by atoms with Gasteiger partial charge in [-0.3, -0.25) is 9.59 Å². The number of thiazole rings is 1. The van der Waals surface area contributed by atoms with Gasteiger partial charge in [0, 0.05) is 25.9 Å². The van der Waals surface area contributed by atoms with Gasteiger partial charge >= 0.3 is 0 Å². The standard InChI is InChI=1S/C13H19N3O4S2/c1-8-11(9(2)17)21-13(14-8)15-12(18)10-4-6-16(7-5-10)22(3,19)20/h10H,4-7H2,1-3H3,(H,14,15,18). The van der Waals surface area contributed by atoms with E-state index in [1.54, 1.807) is 6.92 Å². The summed E-state index contributed by atoms with van der Waals surface area (Å²) in [5.74, 6) is -0.475. The normalized spacial score (nSPS) is 17.4. The summed E-state index contributed by atoms with van der Waals surface area (Å²) in [5, 5.41) is 3.14. The Morgan fingerprint density at radius 3 is 2.36 bits per heavy atom. The number of amides is 1. The molecule has 1 aromatic rings. The Balaban J connectivity index is 1.97. The summed E-state index contributed by atoms with van der Waals surface area (Å²) in [4.78, 5) is 28.3. The number of hydrogen-bond donors (Lipinski definition) is 1. The van der Waals surface area contributed by atoms with Crippen molar-refractivity contribution < 1.29 is 18.0 Å². The third-order valence-corrected chi connectivity index (χ3v) is 6.12. The maximum Gasteiger partial charge on any atom is 0.229 e. The third-order valence-electron chi connectivity index (χ3n) is 3.64. The number of hydrogen-bond acceptors (Lipinski definition) is 6. The molecule has 1 aliphatic rings. The Bertz CT molecular complexity index is 688. The molecule has 0 aliphatic carbocycles. The van der Waals surface area contributed by atoms with Crippen LogP contribution in [0.4, 0.5) is 5.13 Å². The number of rotatable bonds is 4. The number of carbonyl (C=O) groups excluding carboxylic acids is 2. The van der Waals surface area contributed by atoms with E-state index < -0.39 is 10.0 Å². The lowest BCUT2D eigenvalue weighted by atomic mass is 9.97. The average Bonchev–Trinajstić information content (AvgIpc) is 2.79. The first kappa shape index (κ1) is 17.0. The topological polar surface area (TPSA) is 96.4 Å². The van der Waals surface area contributed by atoms with Crippen molar-refractivity contribution in [2.75, 3.05) is 24.7 Å². The molecule has 0 aromatic carbocycles. The smallest absolute Gasteiger partial charge is 0.229 e. The first-order valence-corrected chi connectivity index (χ1v) is 9.59. The molecule has 1 aliphatic heterocycles. The van der Waals surface area contributed by atoms with E-state index in [-0.39, 0.29) is 17.6 Å². The molecule has 9 heteroatoms. The van der Waals surface area contributed by atoms with Crippen LogP contribution in [0.2, 0.25) is 0 Å². The van der Waals surface area contributed by atoms with Crippen LogP contribution in [0.25, 0.3) is 0 Å². The molecule has 2 rings (SSSR count). The number of sulfonamides is 1. The SMILES string of the molecule is CC(=O)c1sc(NC(=O)C2CCN(S(C)(=O)=O)CC2)nc1C. The van der Waals surface area contributed by atoms with Crippen molar-refractivity contribution in [2.45, 2.75) is 26.7 Å². The van der Waals surface area contributed by atoms with Crippen LogP contribution in [-0.2, 0) is 14.8 Å². The van der Waals surface area contributed by atoms with Crippen molar-refractivity contribution in [1.29, 1.82) is 0 Å². The third kappa shape index (κ3) is 3.90. The van der Waals surface area contributed by atoms with Crippen molar-refractivity contribution in [3.8, 4) is 0 Å². The van der Waals surface area contributed by atoms with Crippen LogP contribution in [0, 0.1) is 12.8 Å². The quantitative estimate of drug-likeness (QED) is 0.829. The highest BCUT2D eigenvalue weighted by Gasteiger charge is 2.29. The molecule has 1 aromatic heterocycles. The zero-order valence-corrected chi connectivity index (χ0v) is 14.4. The summed E-state index contributed by atoms with van der Waals surface area (Å²) >= 11 is 1.17. The molecule has 1 amide bonds. The average molecular weight is 345 g/mol. The summed E-state index contributed by atoms with van der Waals surface area (Å²) in [7, 11) is -3.19. The van der Waals surface area contributed by atoms with E-state index in [4.69, 9.17) is 0 Å². The zero-order valence-electron chi connectivity index (χ0n) is 12.7. The fourth-order valence-corrected chi connectivity index (χ4v) is 4.17. The number of Topliss-reactive ketones (excluding diaryl/α,β-unsaturated/α-hetero) is 1. The van der Waals surface area contributed by atoms with E-state index in [0.717, 1.165) is 0 Å². The van der Waals surface area contributed by atoms with Crippen molar-refractivity contribution in [2.24, 2.45) is 5.92 Å². The van der Waals surface area contributed by atoms with Crippen molar-refractivity contribution in [3.05, 3.63) is 10.6 Å². The monoisotopic (exact) mass is 345 g/mol. The molecule has 22 heavy (non-hydrogen) atoms. The van der Waals surface area contributed by atoms with E-state index in [1.165, 1.54) is 28.8 Å². The minimum Gasteiger partial charge on any atom is -0.302 e. The summed E-state index contributed by atoms with van der Waals surface area (Å²) in [6.45, 7) is 3.90. The molecule has 1 N–H and O–H groups in total. The van der Waals surface area contributed by atoms with Gasteiger partial charge in [-0.25, -0.2) is 17.7 Å². The zero-order chi connectivity index (χ0) is 16.5. The van der Waals surface area contributed by atoms with E-state index in [1.807, 2.05) is 0 Å². The van der Waals surface area contributed by atoms with Gasteiger partial charge in [-0.05, 0) is 19.8 Å². The lowest BCUT2D eigenvalue weighted by Crippen LogP contribution is -2.40. The number of anilines is 1. The van der Waals surface area contributed by atoms with Crippen LogP contribution in [0.3, 0.4) is 0 Å². The molecular weight excluding hydrogens is 326 g/mol. The van der Waals surface area contributed by atoms with Gasteiger partial charge in [-0.15, -0.1) is 0 Å². The molecule has 2 heterocycles. The van der Waals surface area contributed by atoms with Crippen LogP contribution < -0.4 is 5.32 Å². The second kappa shape index (κ2) is 6.43. The highest BCUT2D eigenvalue weighted by molar-refractivity contribution is 7.88. The molecule has 0 unspecified atom stereocenters. The van der Waals surface area contributed by atoms with Crippen molar-refractivity contribution >= 4 is 38.2 Å². The van der Waals surface area contributed by atoms with Crippen LogP contribution in [0.1, 0.15) is 35.1 Å². The second-order valence-electron chi connectivity index (χ2n) is 5.42. The Kier molecular flexibility index (Phi) is 4.98. The predicted octanol–water partition coefficient (Wildman–Crippen LogP) is 1.26. The molecule has 0 spiro atoms. The molecule has 1 fully saturated rings. The number of nitrogens with zero attached hydrogens (tertiary/aromatic N) is 2. The van der Waals surface area contributed by atoms with E-state index in [9.17, 15) is 18.0 Å².